The summed E-state index contributed by atoms with van der Waals surface area (Å²) in [7, 11) is 3.23. The number of nitrogens with zero attached hydrogens (tertiary/aromatic N) is 4. The van der Waals surface area contributed by atoms with Gasteiger partial charge in [-0.2, -0.15) is 0 Å². The van der Waals surface area contributed by atoms with Gasteiger partial charge in [0.05, 0.1) is 25.1 Å². The number of carbonyl (C=O) groups is 1. The van der Waals surface area contributed by atoms with Gasteiger partial charge in [-0.3, -0.25) is 19.5 Å². The Morgan fingerprint density at radius 1 is 1.25 bits per heavy atom. The summed E-state index contributed by atoms with van der Waals surface area (Å²) >= 11 is 0. The molecule has 0 saturated carbocycles. The molecule has 3 aromatic heterocycles. The summed E-state index contributed by atoms with van der Waals surface area (Å²) < 4.78 is 12.7. The van der Waals surface area contributed by atoms with Gasteiger partial charge in [-0.1, -0.05) is 6.07 Å². The van der Waals surface area contributed by atoms with Crippen molar-refractivity contribution in [3.05, 3.63) is 81.9 Å². The number of rotatable bonds is 6. The number of fused-ring (bicyclic) bond motifs is 1. The monoisotopic (exact) mass is 436 g/mol. The van der Waals surface area contributed by atoms with E-state index in [0.717, 1.165) is 5.69 Å². The van der Waals surface area contributed by atoms with Gasteiger partial charge in [-0.25, -0.2) is 0 Å². The van der Waals surface area contributed by atoms with Gasteiger partial charge in [0, 0.05) is 57.6 Å². The van der Waals surface area contributed by atoms with Crippen molar-refractivity contribution in [1.29, 1.82) is 0 Å². The third kappa shape index (κ3) is 4.31. The van der Waals surface area contributed by atoms with Crippen LogP contribution in [0, 0.1) is 0 Å². The van der Waals surface area contributed by atoms with E-state index in [1.54, 1.807) is 35.0 Å². The molecule has 0 unspecified atom stereocenters. The summed E-state index contributed by atoms with van der Waals surface area (Å²) in [4.78, 5) is 34.7. The summed E-state index contributed by atoms with van der Waals surface area (Å²) in [5.74, 6) is 0.802. The number of ether oxygens (including phenoxy) is 1. The smallest absolute Gasteiger partial charge is 0.259 e. The van der Waals surface area contributed by atoms with Crippen LogP contribution in [0.1, 0.15) is 40.5 Å². The van der Waals surface area contributed by atoms with Crippen LogP contribution in [0.5, 0.6) is 5.75 Å². The van der Waals surface area contributed by atoms with Crippen molar-refractivity contribution >= 4 is 5.91 Å². The Hall–Kier alpha value is -3.39. The average Bonchev–Trinajstić information content (AvgIpc) is 3.27. The summed E-state index contributed by atoms with van der Waals surface area (Å²) in [5, 5.41) is 0. The van der Waals surface area contributed by atoms with Crippen molar-refractivity contribution in [1.82, 2.24) is 19.4 Å². The molecule has 0 spiro atoms. The molecular formula is C24H28N4O4. The fraction of sp³-hybridized carbons (Fsp3) is 0.375. The predicted octanol–water partition coefficient (Wildman–Crippen LogP) is 2.74. The lowest BCUT2D eigenvalue weighted by Crippen LogP contribution is -2.34. The highest BCUT2D eigenvalue weighted by Gasteiger charge is 2.29. The van der Waals surface area contributed by atoms with Gasteiger partial charge >= 0.3 is 0 Å². The van der Waals surface area contributed by atoms with Crippen molar-refractivity contribution in [2.45, 2.75) is 32.5 Å². The number of methoxy groups -OCH3 is 1. The van der Waals surface area contributed by atoms with E-state index in [1.165, 1.54) is 13.2 Å². The van der Waals surface area contributed by atoms with Crippen LogP contribution in [0.2, 0.25) is 0 Å². The van der Waals surface area contributed by atoms with Gasteiger partial charge in [0.25, 0.3) is 11.5 Å². The van der Waals surface area contributed by atoms with Crippen molar-refractivity contribution < 1.29 is 13.9 Å². The van der Waals surface area contributed by atoms with E-state index >= 15 is 0 Å². The van der Waals surface area contributed by atoms with Crippen LogP contribution in [-0.4, -0.2) is 52.5 Å². The zero-order valence-electron chi connectivity index (χ0n) is 18.7. The van der Waals surface area contributed by atoms with Crippen molar-refractivity contribution in [2.24, 2.45) is 0 Å². The van der Waals surface area contributed by atoms with Crippen LogP contribution in [0.15, 0.2) is 58.1 Å². The number of hydrogen-bond acceptors (Lipinski definition) is 6. The minimum Gasteiger partial charge on any atom is -0.496 e. The largest absolute Gasteiger partial charge is 0.496 e. The first-order valence-electron chi connectivity index (χ1n) is 10.7. The molecule has 8 nitrogen and oxygen atoms in total. The van der Waals surface area contributed by atoms with E-state index in [9.17, 15) is 9.59 Å². The van der Waals surface area contributed by atoms with Gasteiger partial charge < -0.3 is 18.6 Å². The zero-order chi connectivity index (χ0) is 22.7. The Balaban J connectivity index is 1.65. The Morgan fingerprint density at radius 3 is 2.78 bits per heavy atom. The van der Waals surface area contributed by atoms with Crippen LogP contribution in [0.25, 0.3) is 0 Å². The third-order valence-corrected chi connectivity index (χ3v) is 6.09. The molecule has 3 aromatic rings. The molecule has 0 N–H and O–H groups in total. The molecule has 4 rings (SSSR count). The van der Waals surface area contributed by atoms with Crippen LogP contribution in [-0.2, 0) is 19.5 Å². The summed E-state index contributed by atoms with van der Waals surface area (Å²) in [5.41, 5.74) is 1.97. The van der Waals surface area contributed by atoms with E-state index in [2.05, 4.69) is 9.88 Å². The summed E-state index contributed by atoms with van der Waals surface area (Å²) in [6, 6.07) is 10.7. The third-order valence-electron chi connectivity index (χ3n) is 6.09. The van der Waals surface area contributed by atoms with E-state index in [4.69, 9.17) is 9.15 Å². The average molecular weight is 437 g/mol. The maximum absolute atomic E-state index is 13.6. The molecule has 168 valence electrons. The van der Waals surface area contributed by atoms with Crippen molar-refractivity contribution in [3.8, 4) is 5.75 Å². The van der Waals surface area contributed by atoms with E-state index in [-0.39, 0.29) is 17.5 Å². The van der Waals surface area contributed by atoms with Crippen LogP contribution >= 0.6 is 0 Å². The second-order valence-electron chi connectivity index (χ2n) is 7.98. The molecule has 1 amide bonds. The Bertz CT molecular complexity index is 1120. The van der Waals surface area contributed by atoms with Gasteiger partial charge in [0.2, 0.25) is 0 Å². The predicted molar refractivity (Wildman–Crippen MR) is 120 cm³/mol. The zero-order valence-corrected chi connectivity index (χ0v) is 18.7. The second-order valence-corrected chi connectivity index (χ2v) is 7.98. The highest BCUT2D eigenvalue weighted by Crippen LogP contribution is 2.28. The molecule has 32 heavy (non-hydrogen) atoms. The topological polar surface area (TPSA) is 80.8 Å². The van der Waals surface area contributed by atoms with Crippen LogP contribution < -0.4 is 10.3 Å². The molecular weight excluding hydrogens is 408 g/mol. The number of pyridine rings is 2. The van der Waals surface area contributed by atoms with E-state index in [0.29, 0.717) is 55.4 Å². The summed E-state index contributed by atoms with van der Waals surface area (Å²) in [6.45, 7) is 4.51. The molecule has 0 aliphatic carbocycles. The number of carbonyl (C=O) groups excluding carboxylic acids is 1. The first-order chi connectivity index (χ1) is 15.5. The summed E-state index contributed by atoms with van der Waals surface area (Å²) in [6.07, 6.45) is 3.93. The van der Waals surface area contributed by atoms with E-state index < -0.39 is 0 Å². The maximum atomic E-state index is 13.6. The Kier molecular flexibility index (Phi) is 6.41. The molecule has 4 heterocycles. The lowest BCUT2D eigenvalue weighted by atomic mass is 10.1. The minimum absolute atomic E-state index is 0.158. The lowest BCUT2D eigenvalue weighted by Gasteiger charge is -2.26. The quantitative estimate of drug-likeness (QED) is 0.591. The molecule has 1 aliphatic heterocycles. The van der Waals surface area contributed by atoms with Gasteiger partial charge in [-0.05, 0) is 31.2 Å². The van der Waals surface area contributed by atoms with Gasteiger partial charge in [0.15, 0.2) is 0 Å². The maximum Gasteiger partial charge on any atom is 0.259 e. The Morgan fingerprint density at radius 2 is 2.09 bits per heavy atom. The van der Waals surface area contributed by atoms with Gasteiger partial charge in [-0.15, -0.1) is 0 Å². The molecule has 1 atom stereocenters. The Labute approximate surface area is 187 Å². The molecule has 0 aromatic carbocycles. The van der Waals surface area contributed by atoms with Crippen LogP contribution in [0.4, 0.5) is 0 Å². The standard InChI is InChI=1S/C24H28N4O4/c1-17(20-8-6-14-32-20)26(2)24(30)23-19-9-11-27(16-18-7-4-5-10-25-18)12-13-28(19)22(29)15-21(23)31-3/h4-8,10,14-15,17H,9,11-13,16H2,1-3H3/t17-/m1/s1. The molecule has 0 saturated heterocycles. The fourth-order valence-corrected chi connectivity index (χ4v) is 4.14. The molecule has 8 heteroatoms. The van der Waals surface area contributed by atoms with Crippen molar-refractivity contribution in [3.63, 3.8) is 0 Å². The first kappa shape index (κ1) is 21.8. The SMILES string of the molecule is COc1cc(=O)n2c(c1C(=O)N(C)[C@H](C)c1ccco1)CCN(Cc1ccccn1)CC2. The molecule has 0 bridgehead atoms. The number of hydrogen-bond donors (Lipinski definition) is 0. The fourth-order valence-electron chi connectivity index (χ4n) is 4.14. The number of amides is 1. The minimum atomic E-state index is -0.263. The highest BCUT2D eigenvalue weighted by atomic mass is 16.5. The number of aromatic nitrogens is 2. The second kappa shape index (κ2) is 9.40. The normalized spacial score (nSPS) is 15.0. The molecule has 1 aliphatic rings. The molecule has 0 radical (unpaired) electrons. The van der Waals surface area contributed by atoms with Gasteiger partial charge in [0.1, 0.15) is 17.1 Å². The lowest BCUT2D eigenvalue weighted by molar-refractivity contribution is 0.0720. The molecule has 0 fully saturated rings. The van der Waals surface area contributed by atoms with Crippen LogP contribution in [0.3, 0.4) is 0 Å². The highest BCUT2D eigenvalue weighted by molar-refractivity contribution is 5.98. The van der Waals surface area contributed by atoms with E-state index in [1.807, 2.05) is 31.2 Å². The van der Waals surface area contributed by atoms with Crippen molar-refractivity contribution in [2.75, 3.05) is 27.2 Å². The number of furan rings is 1. The first-order valence-corrected chi connectivity index (χ1v) is 10.7.